The Morgan fingerprint density at radius 2 is 2.20 bits per heavy atom. The SMILES string of the molecule is Cn1cc(CN2C[C@@H](Cc3cnccn3)[C@H](O)C2)cn1. The lowest BCUT2D eigenvalue weighted by molar-refractivity contribution is 0.140. The van der Waals surface area contributed by atoms with E-state index in [2.05, 4.69) is 20.0 Å². The summed E-state index contributed by atoms with van der Waals surface area (Å²) in [6, 6.07) is 0. The molecule has 106 valence electrons. The first-order valence-corrected chi connectivity index (χ1v) is 6.83. The van der Waals surface area contributed by atoms with Crippen LogP contribution in [0.5, 0.6) is 0 Å². The molecule has 1 aliphatic heterocycles. The largest absolute Gasteiger partial charge is 0.391 e. The highest BCUT2D eigenvalue weighted by molar-refractivity contribution is 5.05. The van der Waals surface area contributed by atoms with Crippen molar-refractivity contribution in [3.8, 4) is 0 Å². The van der Waals surface area contributed by atoms with E-state index in [1.807, 2.05) is 19.4 Å². The molecule has 20 heavy (non-hydrogen) atoms. The Balaban J connectivity index is 1.59. The normalized spacial score (nSPS) is 23.3. The lowest BCUT2D eigenvalue weighted by atomic mass is 10.0. The minimum atomic E-state index is -0.298. The van der Waals surface area contributed by atoms with Gasteiger partial charge in [0.1, 0.15) is 0 Å². The molecule has 0 aliphatic carbocycles. The summed E-state index contributed by atoms with van der Waals surface area (Å²) >= 11 is 0. The average Bonchev–Trinajstić information content (AvgIpc) is 2.98. The highest BCUT2D eigenvalue weighted by Crippen LogP contribution is 2.22. The quantitative estimate of drug-likeness (QED) is 0.864. The summed E-state index contributed by atoms with van der Waals surface area (Å²) in [5.74, 6) is 0.225. The molecule has 6 heteroatoms. The second-order valence-electron chi connectivity index (χ2n) is 5.44. The zero-order valence-corrected chi connectivity index (χ0v) is 11.6. The van der Waals surface area contributed by atoms with Crippen molar-refractivity contribution in [2.45, 2.75) is 19.1 Å². The third-order valence-corrected chi connectivity index (χ3v) is 3.73. The van der Waals surface area contributed by atoms with Gasteiger partial charge < -0.3 is 5.11 Å². The molecule has 0 radical (unpaired) electrons. The third kappa shape index (κ3) is 3.02. The Kier molecular flexibility index (Phi) is 3.75. The minimum absolute atomic E-state index is 0.225. The second-order valence-corrected chi connectivity index (χ2v) is 5.44. The molecule has 3 heterocycles. The van der Waals surface area contributed by atoms with Crippen LogP contribution in [0.2, 0.25) is 0 Å². The maximum atomic E-state index is 10.2. The predicted molar refractivity (Wildman–Crippen MR) is 73.7 cm³/mol. The van der Waals surface area contributed by atoms with Gasteiger partial charge in [-0.15, -0.1) is 0 Å². The Morgan fingerprint density at radius 1 is 1.30 bits per heavy atom. The monoisotopic (exact) mass is 273 g/mol. The van der Waals surface area contributed by atoms with Gasteiger partial charge in [0.05, 0.1) is 18.0 Å². The van der Waals surface area contributed by atoms with Gasteiger partial charge in [0.2, 0.25) is 0 Å². The van der Waals surface area contributed by atoms with Gasteiger partial charge in [-0.05, 0) is 6.42 Å². The van der Waals surface area contributed by atoms with Crippen LogP contribution in [0.1, 0.15) is 11.3 Å². The fourth-order valence-corrected chi connectivity index (χ4v) is 2.79. The van der Waals surface area contributed by atoms with Crippen molar-refractivity contribution in [3.05, 3.63) is 42.2 Å². The van der Waals surface area contributed by atoms with E-state index in [0.717, 1.165) is 25.2 Å². The number of hydrogen-bond donors (Lipinski definition) is 1. The lowest BCUT2D eigenvalue weighted by Crippen LogP contribution is -2.21. The van der Waals surface area contributed by atoms with E-state index < -0.39 is 0 Å². The van der Waals surface area contributed by atoms with E-state index in [1.54, 1.807) is 23.3 Å². The third-order valence-electron chi connectivity index (χ3n) is 3.73. The van der Waals surface area contributed by atoms with Crippen LogP contribution in [0.15, 0.2) is 31.0 Å². The molecule has 1 saturated heterocycles. The van der Waals surface area contributed by atoms with Gasteiger partial charge in [-0.25, -0.2) is 0 Å². The number of aliphatic hydroxyl groups is 1. The van der Waals surface area contributed by atoms with E-state index in [1.165, 1.54) is 5.56 Å². The summed E-state index contributed by atoms with van der Waals surface area (Å²) in [4.78, 5) is 10.6. The number of hydrogen-bond acceptors (Lipinski definition) is 5. The molecule has 2 aromatic rings. The molecule has 0 bridgehead atoms. The molecular formula is C14H19N5O. The van der Waals surface area contributed by atoms with Crippen molar-refractivity contribution in [2.75, 3.05) is 13.1 Å². The minimum Gasteiger partial charge on any atom is -0.391 e. The van der Waals surface area contributed by atoms with Gasteiger partial charge in [0.25, 0.3) is 0 Å². The Morgan fingerprint density at radius 3 is 2.90 bits per heavy atom. The first kappa shape index (κ1) is 13.2. The lowest BCUT2D eigenvalue weighted by Gasteiger charge is -2.14. The number of aryl methyl sites for hydroxylation is 1. The van der Waals surface area contributed by atoms with Crippen LogP contribution in [-0.4, -0.2) is 48.9 Å². The Hall–Kier alpha value is -1.79. The average molecular weight is 273 g/mol. The Bertz CT molecular complexity index is 556. The fourth-order valence-electron chi connectivity index (χ4n) is 2.79. The van der Waals surface area contributed by atoms with Crippen LogP contribution in [-0.2, 0) is 20.0 Å². The fraction of sp³-hybridized carbons (Fsp3) is 0.500. The molecule has 0 aromatic carbocycles. The standard InChI is InChI=1S/C14H19N5O/c1-18-7-11(5-17-18)8-19-9-12(14(20)10-19)4-13-6-15-2-3-16-13/h2-3,5-7,12,14,20H,4,8-10H2,1H3/t12-,14-/m1/s1. The maximum absolute atomic E-state index is 10.2. The number of aliphatic hydroxyl groups excluding tert-OH is 1. The van der Waals surface area contributed by atoms with Crippen LogP contribution >= 0.6 is 0 Å². The van der Waals surface area contributed by atoms with Crippen LogP contribution in [0.3, 0.4) is 0 Å². The van der Waals surface area contributed by atoms with Crippen LogP contribution in [0.4, 0.5) is 0 Å². The first-order valence-electron chi connectivity index (χ1n) is 6.83. The zero-order chi connectivity index (χ0) is 13.9. The van der Waals surface area contributed by atoms with Gasteiger partial charge >= 0.3 is 0 Å². The molecule has 1 aliphatic rings. The van der Waals surface area contributed by atoms with E-state index in [9.17, 15) is 5.11 Å². The molecular weight excluding hydrogens is 254 g/mol. The maximum Gasteiger partial charge on any atom is 0.0711 e. The predicted octanol–water partition coefficient (Wildman–Crippen LogP) is 0.245. The summed E-state index contributed by atoms with van der Waals surface area (Å²) in [5, 5.41) is 14.4. The number of β-amino-alcohol motifs (C(OH)–C–C–N with tert-alkyl or cyclic N) is 1. The van der Waals surface area contributed by atoms with Crippen LogP contribution in [0.25, 0.3) is 0 Å². The number of rotatable bonds is 4. The van der Waals surface area contributed by atoms with Crippen molar-refractivity contribution in [2.24, 2.45) is 13.0 Å². The highest BCUT2D eigenvalue weighted by Gasteiger charge is 2.31. The number of likely N-dealkylation sites (tertiary alicyclic amines) is 1. The molecule has 0 unspecified atom stereocenters. The summed E-state index contributed by atoms with van der Waals surface area (Å²) in [5.41, 5.74) is 2.12. The van der Waals surface area contributed by atoms with Crippen molar-refractivity contribution in [1.82, 2.24) is 24.6 Å². The van der Waals surface area contributed by atoms with Crippen LogP contribution < -0.4 is 0 Å². The van der Waals surface area contributed by atoms with Gasteiger partial charge in [-0.1, -0.05) is 0 Å². The number of nitrogens with zero attached hydrogens (tertiary/aromatic N) is 5. The summed E-state index contributed by atoms with van der Waals surface area (Å²) < 4.78 is 1.80. The van der Waals surface area contributed by atoms with E-state index in [-0.39, 0.29) is 12.0 Å². The van der Waals surface area contributed by atoms with Gasteiger partial charge in [-0.2, -0.15) is 5.10 Å². The molecule has 1 fully saturated rings. The molecule has 0 amide bonds. The molecule has 1 N–H and O–H groups in total. The molecule has 0 saturated carbocycles. The van der Waals surface area contributed by atoms with Crippen molar-refractivity contribution < 1.29 is 5.11 Å². The molecule has 3 rings (SSSR count). The molecule has 2 aromatic heterocycles. The van der Waals surface area contributed by atoms with E-state index >= 15 is 0 Å². The van der Waals surface area contributed by atoms with Crippen molar-refractivity contribution >= 4 is 0 Å². The smallest absolute Gasteiger partial charge is 0.0711 e. The van der Waals surface area contributed by atoms with E-state index in [0.29, 0.717) is 6.54 Å². The van der Waals surface area contributed by atoms with Crippen LogP contribution in [0, 0.1) is 5.92 Å². The van der Waals surface area contributed by atoms with Gasteiger partial charge in [0, 0.05) is 63.0 Å². The summed E-state index contributed by atoms with van der Waals surface area (Å²) in [6.45, 7) is 2.42. The highest BCUT2D eigenvalue weighted by atomic mass is 16.3. The van der Waals surface area contributed by atoms with Crippen molar-refractivity contribution in [3.63, 3.8) is 0 Å². The summed E-state index contributed by atoms with van der Waals surface area (Å²) in [6.07, 6.45) is 9.52. The second kappa shape index (κ2) is 5.68. The number of aromatic nitrogens is 4. The van der Waals surface area contributed by atoms with Gasteiger partial charge in [0.15, 0.2) is 0 Å². The first-order chi connectivity index (χ1) is 9.70. The van der Waals surface area contributed by atoms with Crippen molar-refractivity contribution in [1.29, 1.82) is 0 Å². The topological polar surface area (TPSA) is 67.1 Å². The Labute approximate surface area is 118 Å². The molecule has 0 spiro atoms. The zero-order valence-electron chi connectivity index (χ0n) is 11.6. The van der Waals surface area contributed by atoms with E-state index in [4.69, 9.17) is 0 Å². The summed E-state index contributed by atoms with van der Waals surface area (Å²) in [7, 11) is 1.92. The molecule has 2 atom stereocenters. The molecule has 6 nitrogen and oxygen atoms in total. The van der Waals surface area contributed by atoms with Gasteiger partial charge in [-0.3, -0.25) is 19.5 Å².